The number of alkyl halides is 4. The van der Waals surface area contributed by atoms with Crippen molar-refractivity contribution in [3.05, 3.63) is 77.4 Å². The predicted molar refractivity (Wildman–Crippen MR) is 113 cm³/mol. The van der Waals surface area contributed by atoms with Crippen LogP contribution in [0.15, 0.2) is 65.9 Å². The van der Waals surface area contributed by atoms with Crippen LogP contribution in [0.5, 0.6) is 0 Å². The molecule has 0 aliphatic heterocycles. The Balaban J connectivity index is 1.85. The first-order valence-electron chi connectivity index (χ1n) is 9.32. The van der Waals surface area contributed by atoms with Gasteiger partial charge in [-0.3, -0.25) is 4.68 Å². The number of hydrogen-bond donors (Lipinski definition) is 1. The van der Waals surface area contributed by atoms with Gasteiger partial charge in [0.2, 0.25) is 0 Å². The van der Waals surface area contributed by atoms with Crippen molar-refractivity contribution in [2.45, 2.75) is 18.5 Å². The Hall–Kier alpha value is -3.13. The molecule has 160 valence electrons. The highest BCUT2D eigenvalue weighted by atomic mass is 35.5. The van der Waals surface area contributed by atoms with Crippen LogP contribution in [-0.4, -0.2) is 26.3 Å². The number of hydrogen-bond acceptors (Lipinski definition) is 3. The van der Waals surface area contributed by atoms with Crippen molar-refractivity contribution >= 4 is 28.3 Å². The zero-order valence-electron chi connectivity index (χ0n) is 16.5. The van der Waals surface area contributed by atoms with Crippen molar-refractivity contribution in [2.24, 2.45) is 7.05 Å². The maximum atomic E-state index is 13.4. The van der Waals surface area contributed by atoms with E-state index in [0.717, 1.165) is 11.6 Å². The molecule has 0 radical (unpaired) electrons. The van der Waals surface area contributed by atoms with E-state index in [0.29, 0.717) is 28.2 Å². The molecule has 0 bridgehead atoms. The number of aromatic nitrogens is 3. The van der Waals surface area contributed by atoms with Crippen LogP contribution >= 0.6 is 11.6 Å². The van der Waals surface area contributed by atoms with Crippen LogP contribution in [0.4, 0.5) is 23.4 Å². The van der Waals surface area contributed by atoms with Crippen LogP contribution in [0.2, 0.25) is 0 Å². The van der Waals surface area contributed by atoms with E-state index in [-0.39, 0.29) is 11.5 Å². The fourth-order valence-electron chi connectivity index (χ4n) is 3.44. The normalized spacial score (nSPS) is 16.8. The number of benzene rings is 1. The Labute approximate surface area is 180 Å². The van der Waals surface area contributed by atoms with Gasteiger partial charge in [-0.1, -0.05) is 12.2 Å². The molecule has 1 aliphatic rings. The minimum Gasteiger partial charge on any atom is -0.340 e. The maximum Gasteiger partial charge on any atom is 0.414 e. The van der Waals surface area contributed by atoms with Gasteiger partial charge in [0.05, 0.1) is 33.2 Å². The van der Waals surface area contributed by atoms with E-state index in [9.17, 15) is 17.6 Å². The molecule has 1 aromatic carbocycles. The van der Waals surface area contributed by atoms with Gasteiger partial charge in [-0.2, -0.15) is 18.3 Å². The molecule has 2 heterocycles. The van der Waals surface area contributed by atoms with Gasteiger partial charge < -0.3 is 5.32 Å². The molecule has 3 aromatic rings. The summed E-state index contributed by atoms with van der Waals surface area (Å²) in [6.45, 7) is 1.79. The molecule has 1 aliphatic carbocycles. The molecule has 0 fully saturated rings. The third-order valence-electron chi connectivity index (χ3n) is 4.90. The van der Waals surface area contributed by atoms with Gasteiger partial charge in [-0.25, -0.2) is 9.37 Å². The fraction of sp³-hybridized carbons (Fsp3) is 0.182. The average Bonchev–Trinajstić information content (AvgIpc) is 2.86. The van der Waals surface area contributed by atoms with Crippen molar-refractivity contribution in [3.63, 3.8) is 0 Å². The summed E-state index contributed by atoms with van der Waals surface area (Å²) in [4.78, 5) is 4.61. The number of pyridine rings is 1. The van der Waals surface area contributed by atoms with E-state index in [1.54, 1.807) is 36.9 Å². The van der Waals surface area contributed by atoms with Gasteiger partial charge in [0.25, 0.3) is 0 Å². The molecule has 0 amide bonds. The number of nitrogens with zero attached hydrogens (tertiary/aromatic N) is 3. The lowest BCUT2D eigenvalue weighted by Gasteiger charge is -2.15. The van der Waals surface area contributed by atoms with Gasteiger partial charge >= 0.3 is 6.18 Å². The third-order valence-corrected chi connectivity index (χ3v) is 5.28. The number of allylic oxidation sites excluding steroid dienone is 5. The molecule has 9 heteroatoms. The number of rotatable bonds is 3. The summed E-state index contributed by atoms with van der Waals surface area (Å²) in [6.07, 6.45) is 0.624. The van der Waals surface area contributed by atoms with Crippen LogP contribution < -0.4 is 5.32 Å². The molecule has 1 N–H and O–H groups in total. The highest BCUT2D eigenvalue weighted by Crippen LogP contribution is 2.35. The van der Waals surface area contributed by atoms with Crippen LogP contribution in [0, 0.1) is 12.7 Å². The van der Waals surface area contributed by atoms with Crippen LogP contribution in [0.1, 0.15) is 5.69 Å². The van der Waals surface area contributed by atoms with Crippen molar-refractivity contribution in [3.8, 4) is 11.3 Å². The lowest BCUT2D eigenvalue weighted by atomic mass is 10.1. The zero-order valence-corrected chi connectivity index (χ0v) is 17.3. The lowest BCUT2D eigenvalue weighted by molar-refractivity contribution is -0.0925. The van der Waals surface area contributed by atoms with Crippen molar-refractivity contribution in [1.29, 1.82) is 0 Å². The zero-order chi connectivity index (χ0) is 22.3. The second-order valence-corrected chi connectivity index (χ2v) is 7.57. The summed E-state index contributed by atoms with van der Waals surface area (Å²) in [7, 11) is 1.76. The monoisotopic (exact) mass is 448 g/mol. The first-order chi connectivity index (χ1) is 14.6. The van der Waals surface area contributed by atoms with Crippen LogP contribution in [-0.2, 0) is 7.05 Å². The van der Waals surface area contributed by atoms with Crippen LogP contribution in [0.25, 0.3) is 22.2 Å². The summed E-state index contributed by atoms with van der Waals surface area (Å²) < 4.78 is 55.3. The Morgan fingerprint density at radius 2 is 1.87 bits per heavy atom. The topological polar surface area (TPSA) is 42.7 Å². The van der Waals surface area contributed by atoms with Gasteiger partial charge in [-0.05, 0) is 49.4 Å². The molecule has 2 aromatic heterocycles. The Bertz CT molecular complexity index is 1240. The van der Waals surface area contributed by atoms with Gasteiger partial charge in [-0.15, -0.1) is 11.6 Å². The van der Waals surface area contributed by atoms with Crippen molar-refractivity contribution < 1.29 is 17.6 Å². The smallest absolute Gasteiger partial charge is 0.340 e. The molecule has 0 saturated heterocycles. The quantitative estimate of drug-likeness (QED) is 0.392. The van der Waals surface area contributed by atoms with E-state index in [4.69, 9.17) is 11.6 Å². The second kappa shape index (κ2) is 7.85. The summed E-state index contributed by atoms with van der Waals surface area (Å²) in [6, 6.07) is 7.62. The third kappa shape index (κ3) is 4.20. The van der Waals surface area contributed by atoms with Crippen LogP contribution in [0.3, 0.4) is 0 Å². The summed E-state index contributed by atoms with van der Waals surface area (Å²) in [5, 5.41) is 6.78. The van der Waals surface area contributed by atoms with Crippen molar-refractivity contribution in [1.82, 2.24) is 14.8 Å². The van der Waals surface area contributed by atoms with E-state index in [1.165, 1.54) is 30.4 Å². The minimum absolute atomic E-state index is 0.181. The fourth-order valence-corrected chi connectivity index (χ4v) is 3.71. The molecule has 1 unspecified atom stereocenters. The first kappa shape index (κ1) is 21.1. The number of halogens is 5. The van der Waals surface area contributed by atoms with Crippen molar-refractivity contribution in [2.75, 3.05) is 5.32 Å². The predicted octanol–water partition coefficient (Wildman–Crippen LogP) is 6.04. The Kier molecular flexibility index (Phi) is 5.35. The van der Waals surface area contributed by atoms with E-state index in [2.05, 4.69) is 15.4 Å². The van der Waals surface area contributed by atoms with E-state index < -0.39 is 17.1 Å². The largest absolute Gasteiger partial charge is 0.414 e. The number of anilines is 1. The standard InChI is InChI=1S/C22H17ClF4N4/c1-12-20-19(31(2)30-12)11-18(13-6-8-14(24)9-7-13)29-21(20)28-15-4-3-5-17(23)16(10-15)22(25,26)27/h3-11,17H,1-2H3,(H,28,29). The van der Waals surface area contributed by atoms with Gasteiger partial charge in [0.15, 0.2) is 0 Å². The summed E-state index contributed by atoms with van der Waals surface area (Å²) >= 11 is 5.89. The SMILES string of the molecule is Cc1nn(C)c2cc(-c3ccc(F)cc3)nc(NC3=CC=CC(Cl)C(C(F)(F)F)=C3)c12. The van der Waals surface area contributed by atoms with Gasteiger partial charge in [0.1, 0.15) is 11.6 Å². The first-order valence-corrected chi connectivity index (χ1v) is 9.76. The lowest BCUT2D eigenvalue weighted by Crippen LogP contribution is -2.19. The van der Waals surface area contributed by atoms with E-state index in [1.807, 2.05) is 0 Å². The number of nitrogens with one attached hydrogen (secondary N) is 1. The summed E-state index contributed by atoms with van der Waals surface area (Å²) in [5.41, 5.74) is 1.88. The highest BCUT2D eigenvalue weighted by molar-refractivity contribution is 6.23. The Morgan fingerprint density at radius 1 is 1.16 bits per heavy atom. The Morgan fingerprint density at radius 3 is 2.55 bits per heavy atom. The molecule has 0 spiro atoms. The molecular weight excluding hydrogens is 432 g/mol. The maximum absolute atomic E-state index is 13.4. The number of fused-ring (bicyclic) bond motifs is 1. The molecule has 4 rings (SSSR count). The summed E-state index contributed by atoms with van der Waals surface area (Å²) in [5.74, 6) is -0.0386. The molecule has 4 nitrogen and oxygen atoms in total. The average molecular weight is 449 g/mol. The van der Waals surface area contributed by atoms with Gasteiger partial charge in [0, 0.05) is 18.3 Å². The molecule has 31 heavy (non-hydrogen) atoms. The number of aryl methyl sites for hydroxylation is 2. The molecule has 0 saturated carbocycles. The minimum atomic E-state index is -4.58. The molecular formula is C22H17ClF4N4. The highest BCUT2D eigenvalue weighted by Gasteiger charge is 2.37. The molecule has 1 atom stereocenters. The second-order valence-electron chi connectivity index (χ2n) is 7.10. The van der Waals surface area contributed by atoms with E-state index >= 15 is 0 Å².